The smallest absolute Gasteiger partial charge is 0.286 e. The average Bonchev–Trinajstić information content (AvgIpc) is 3.51. The second kappa shape index (κ2) is 7.05. The molecule has 0 bridgehead atoms. The van der Waals surface area contributed by atoms with Gasteiger partial charge in [-0.3, -0.25) is 9.59 Å². The van der Waals surface area contributed by atoms with Gasteiger partial charge in [0.1, 0.15) is 10.7 Å². The summed E-state index contributed by atoms with van der Waals surface area (Å²) in [5, 5.41) is 2.93. The highest BCUT2D eigenvalue weighted by molar-refractivity contribution is 7.90. The number of anilines is 1. The Morgan fingerprint density at radius 2 is 1.70 bits per heavy atom. The van der Waals surface area contributed by atoms with Crippen LogP contribution in [0.3, 0.4) is 0 Å². The van der Waals surface area contributed by atoms with E-state index in [4.69, 9.17) is 0 Å². The maximum absolute atomic E-state index is 13.3. The van der Waals surface area contributed by atoms with Crippen molar-refractivity contribution >= 4 is 33.2 Å². The minimum absolute atomic E-state index is 0.0438. The number of hydrogen-bond donors (Lipinski definition) is 1. The topological polar surface area (TPSA) is 95.9 Å². The van der Waals surface area contributed by atoms with Crippen LogP contribution in [0, 0.1) is 11.8 Å². The molecule has 0 aromatic heterocycles. The fourth-order valence-electron chi connectivity index (χ4n) is 4.18. The number of nitrogens with zero attached hydrogens (tertiary/aromatic N) is 2. The molecule has 1 N–H and O–H groups in total. The van der Waals surface area contributed by atoms with Crippen LogP contribution in [-0.4, -0.2) is 36.9 Å². The summed E-state index contributed by atoms with van der Waals surface area (Å²) in [4.78, 5) is 28.3. The molecule has 1 saturated carbocycles. The van der Waals surface area contributed by atoms with Crippen LogP contribution in [0.15, 0.2) is 63.9 Å². The quantitative estimate of drug-likeness (QED) is 0.746. The number of hydrogen-bond acceptors (Lipinski definition) is 5. The van der Waals surface area contributed by atoms with E-state index in [0.29, 0.717) is 24.6 Å². The number of amides is 1. The van der Waals surface area contributed by atoms with Gasteiger partial charge in [0.25, 0.3) is 10.0 Å². The van der Waals surface area contributed by atoms with Gasteiger partial charge in [0.2, 0.25) is 5.91 Å². The van der Waals surface area contributed by atoms with E-state index in [0.717, 1.165) is 18.4 Å². The molecule has 2 atom stereocenters. The normalized spacial score (nSPS) is 24.9. The predicted molar refractivity (Wildman–Crippen MR) is 111 cm³/mol. The molecular formula is C22H21N3O4S. The van der Waals surface area contributed by atoms with E-state index >= 15 is 0 Å². The van der Waals surface area contributed by atoms with Gasteiger partial charge in [-0.05, 0) is 30.0 Å². The van der Waals surface area contributed by atoms with E-state index in [1.54, 1.807) is 23.1 Å². The lowest BCUT2D eigenvalue weighted by molar-refractivity contribution is -0.131. The fourth-order valence-corrected chi connectivity index (χ4v) is 5.33. The molecule has 0 radical (unpaired) electrons. The third-order valence-corrected chi connectivity index (χ3v) is 7.24. The zero-order valence-electron chi connectivity index (χ0n) is 16.2. The Morgan fingerprint density at radius 1 is 1.00 bits per heavy atom. The summed E-state index contributed by atoms with van der Waals surface area (Å²) in [5.41, 5.74) is 1.26. The molecule has 0 spiro atoms. The third kappa shape index (κ3) is 3.31. The van der Waals surface area contributed by atoms with Crippen molar-refractivity contribution in [2.75, 3.05) is 5.32 Å². The Bertz CT molecular complexity index is 1160. The number of rotatable bonds is 5. The highest BCUT2D eigenvalue weighted by Crippen LogP contribution is 2.39. The van der Waals surface area contributed by atoms with Crippen LogP contribution in [0.25, 0.3) is 0 Å². The Labute approximate surface area is 174 Å². The van der Waals surface area contributed by atoms with Crippen molar-refractivity contribution in [2.24, 2.45) is 16.2 Å². The Kier molecular flexibility index (Phi) is 4.47. The SMILES string of the molecule is O=C1C(C2=NS(=O)(=O)c3ccccc3N2)C(=O)N(Cc2ccccc2)[C@H]1CC1CC1. The minimum Gasteiger partial charge on any atom is -0.341 e. The lowest BCUT2D eigenvalue weighted by Crippen LogP contribution is -2.37. The van der Waals surface area contributed by atoms with Crippen LogP contribution in [0.4, 0.5) is 5.69 Å². The number of amidine groups is 1. The number of sulfonamides is 1. The molecule has 5 rings (SSSR count). The Morgan fingerprint density at radius 3 is 2.43 bits per heavy atom. The van der Waals surface area contributed by atoms with Gasteiger partial charge in [-0.1, -0.05) is 55.3 Å². The first-order chi connectivity index (χ1) is 14.4. The molecule has 1 saturated heterocycles. The first-order valence-electron chi connectivity index (χ1n) is 10.0. The number of carbonyl (C=O) groups is 2. The van der Waals surface area contributed by atoms with Gasteiger partial charge in [-0.15, -0.1) is 4.40 Å². The molecule has 7 nitrogen and oxygen atoms in total. The monoisotopic (exact) mass is 423 g/mol. The highest BCUT2D eigenvalue weighted by atomic mass is 32.2. The van der Waals surface area contributed by atoms with Crippen molar-refractivity contribution in [3.63, 3.8) is 0 Å². The van der Waals surface area contributed by atoms with Crippen LogP contribution in [0.1, 0.15) is 24.8 Å². The lowest BCUT2D eigenvalue weighted by Gasteiger charge is -2.23. The van der Waals surface area contributed by atoms with Gasteiger partial charge in [-0.2, -0.15) is 8.42 Å². The van der Waals surface area contributed by atoms with Crippen molar-refractivity contribution in [2.45, 2.75) is 36.7 Å². The minimum atomic E-state index is -3.98. The second-order valence-electron chi connectivity index (χ2n) is 8.05. The van der Waals surface area contributed by atoms with Gasteiger partial charge >= 0.3 is 0 Å². The number of ketones is 1. The Hall–Kier alpha value is -3.00. The summed E-state index contributed by atoms with van der Waals surface area (Å²) in [7, 11) is -3.98. The maximum Gasteiger partial charge on any atom is 0.286 e. The largest absolute Gasteiger partial charge is 0.341 e. The summed E-state index contributed by atoms with van der Waals surface area (Å²) in [6, 6.07) is 15.3. The summed E-state index contributed by atoms with van der Waals surface area (Å²) in [6.45, 7) is 0.315. The number of Topliss-reactive ketones (excluding diaryl/α,β-unsaturated/α-hetero) is 1. The number of carbonyl (C=O) groups excluding carboxylic acids is 2. The number of fused-ring (bicyclic) bond motifs is 1. The van der Waals surface area contributed by atoms with Crippen LogP contribution in [0.2, 0.25) is 0 Å². The standard InChI is InChI=1S/C22H21N3O4S/c26-20-17(12-14-10-11-14)25(13-15-6-2-1-3-7-15)22(27)19(20)21-23-16-8-4-5-9-18(16)30(28,29)24-21/h1-9,14,17,19H,10-13H2,(H,23,24)/t17-,19?/m0/s1. The highest BCUT2D eigenvalue weighted by Gasteiger charge is 2.52. The molecule has 2 fully saturated rings. The van der Waals surface area contributed by atoms with E-state index in [1.807, 2.05) is 30.3 Å². The molecule has 154 valence electrons. The second-order valence-corrected chi connectivity index (χ2v) is 9.63. The van der Waals surface area contributed by atoms with Crippen LogP contribution < -0.4 is 5.32 Å². The molecule has 1 unspecified atom stereocenters. The summed E-state index contributed by atoms with van der Waals surface area (Å²) in [5.74, 6) is -1.55. The molecule has 2 aliphatic heterocycles. The fraction of sp³-hybridized carbons (Fsp3) is 0.318. The zero-order valence-corrected chi connectivity index (χ0v) is 17.0. The van der Waals surface area contributed by atoms with E-state index in [2.05, 4.69) is 9.71 Å². The molecule has 1 amide bonds. The Balaban J connectivity index is 1.50. The third-order valence-electron chi connectivity index (χ3n) is 5.89. The van der Waals surface area contributed by atoms with Crippen LogP contribution >= 0.6 is 0 Å². The first-order valence-corrected chi connectivity index (χ1v) is 11.5. The summed E-state index contributed by atoms with van der Waals surface area (Å²) in [6.07, 6.45) is 2.73. The number of benzene rings is 2. The molecule has 3 aliphatic rings. The van der Waals surface area contributed by atoms with Crippen molar-refractivity contribution in [3.8, 4) is 0 Å². The van der Waals surface area contributed by atoms with E-state index in [9.17, 15) is 18.0 Å². The van der Waals surface area contributed by atoms with Crippen LogP contribution in [0.5, 0.6) is 0 Å². The number of likely N-dealkylation sites (tertiary alicyclic amines) is 1. The van der Waals surface area contributed by atoms with E-state index in [-0.39, 0.29) is 16.5 Å². The molecule has 8 heteroatoms. The van der Waals surface area contributed by atoms with Crippen molar-refractivity contribution in [3.05, 3.63) is 60.2 Å². The van der Waals surface area contributed by atoms with Gasteiger partial charge in [0.15, 0.2) is 11.7 Å². The van der Waals surface area contributed by atoms with Gasteiger partial charge in [-0.25, -0.2) is 0 Å². The van der Waals surface area contributed by atoms with Gasteiger partial charge in [0.05, 0.1) is 11.7 Å². The van der Waals surface area contributed by atoms with Crippen molar-refractivity contribution in [1.29, 1.82) is 0 Å². The van der Waals surface area contributed by atoms with E-state index < -0.39 is 27.9 Å². The zero-order chi connectivity index (χ0) is 20.9. The molecule has 2 aromatic rings. The number of para-hydroxylation sites is 1. The van der Waals surface area contributed by atoms with Gasteiger partial charge in [0, 0.05) is 6.54 Å². The maximum atomic E-state index is 13.3. The van der Waals surface area contributed by atoms with E-state index in [1.165, 1.54) is 6.07 Å². The molecule has 2 aromatic carbocycles. The molecular weight excluding hydrogens is 402 g/mol. The van der Waals surface area contributed by atoms with Crippen LogP contribution in [-0.2, 0) is 26.2 Å². The first kappa shape index (κ1) is 19.0. The molecule has 1 aliphatic carbocycles. The predicted octanol–water partition coefficient (Wildman–Crippen LogP) is 2.60. The molecule has 30 heavy (non-hydrogen) atoms. The molecule has 2 heterocycles. The summed E-state index contributed by atoms with van der Waals surface area (Å²) >= 11 is 0. The average molecular weight is 423 g/mol. The summed E-state index contributed by atoms with van der Waals surface area (Å²) < 4.78 is 29.1. The number of nitrogens with one attached hydrogen (secondary N) is 1. The van der Waals surface area contributed by atoms with Crippen molar-refractivity contribution in [1.82, 2.24) is 4.90 Å². The lowest BCUT2D eigenvalue weighted by atomic mass is 9.98. The van der Waals surface area contributed by atoms with Crippen molar-refractivity contribution < 1.29 is 18.0 Å². The van der Waals surface area contributed by atoms with Gasteiger partial charge < -0.3 is 10.2 Å².